The maximum Gasteiger partial charge on any atom is 0.354 e. The Hall–Kier alpha value is -4.46. The van der Waals surface area contributed by atoms with Gasteiger partial charge in [0.1, 0.15) is 11.7 Å². The van der Waals surface area contributed by atoms with Gasteiger partial charge in [-0.1, -0.05) is 56.3 Å². The number of carbonyl (C=O) groups is 4. The molecule has 0 unspecified atom stereocenters. The van der Waals surface area contributed by atoms with Crippen molar-refractivity contribution in [2.24, 2.45) is 0 Å². The molecule has 8 heteroatoms. The number of aromatic amines is 1. The van der Waals surface area contributed by atoms with Gasteiger partial charge in [0.05, 0.1) is 18.2 Å². The van der Waals surface area contributed by atoms with Gasteiger partial charge in [0.15, 0.2) is 0 Å². The number of ether oxygens (including phenoxy) is 1. The first-order chi connectivity index (χ1) is 18.2. The van der Waals surface area contributed by atoms with E-state index in [1.54, 1.807) is 30.3 Å². The summed E-state index contributed by atoms with van der Waals surface area (Å²) in [5.41, 5.74) is 2.66. The summed E-state index contributed by atoms with van der Waals surface area (Å²) in [7, 11) is 1.25. The number of rotatable bonds is 7. The number of H-pyrrole nitrogens is 1. The van der Waals surface area contributed by atoms with Gasteiger partial charge in [-0.05, 0) is 30.2 Å². The molecule has 0 aliphatic carbocycles. The van der Waals surface area contributed by atoms with E-state index in [2.05, 4.69) is 11.6 Å². The van der Waals surface area contributed by atoms with Crippen LogP contribution < -0.4 is 0 Å². The zero-order valence-corrected chi connectivity index (χ0v) is 21.6. The van der Waals surface area contributed by atoms with Crippen LogP contribution >= 0.6 is 0 Å². The third-order valence-corrected chi connectivity index (χ3v) is 7.43. The number of methoxy groups -OCH3 is 1. The third-order valence-electron chi connectivity index (χ3n) is 7.43. The maximum absolute atomic E-state index is 14.2. The average Bonchev–Trinajstić information content (AvgIpc) is 3.63. The van der Waals surface area contributed by atoms with Gasteiger partial charge in [-0.3, -0.25) is 19.3 Å². The molecule has 3 heterocycles. The number of hydrogen-bond donors (Lipinski definition) is 1. The van der Waals surface area contributed by atoms with Crippen molar-refractivity contribution in [1.29, 1.82) is 0 Å². The minimum atomic E-state index is -1.19. The molecule has 0 fully saturated rings. The Balaban J connectivity index is 1.65. The first-order valence-corrected chi connectivity index (χ1v) is 12.5. The molecule has 0 spiro atoms. The van der Waals surface area contributed by atoms with Crippen molar-refractivity contribution in [1.82, 2.24) is 14.8 Å². The second-order valence-electron chi connectivity index (χ2n) is 10.1. The van der Waals surface area contributed by atoms with Crippen molar-refractivity contribution in [3.05, 3.63) is 95.3 Å². The summed E-state index contributed by atoms with van der Waals surface area (Å²) in [6.07, 6.45) is 3.98. The van der Waals surface area contributed by atoms with Gasteiger partial charge in [-0.2, -0.15) is 0 Å². The highest BCUT2D eigenvalue weighted by Gasteiger charge is 2.46. The fourth-order valence-electron chi connectivity index (χ4n) is 5.31. The van der Waals surface area contributed by atoms with Crippen LogP contribution in [0, 0.1) is 0 Å². The van der Waals surface area contributed by atoms with Crippen LogP contribution in [0.5, 0.6) is 0 Å². The lowest BCUT2D eigenvalue weighted by Gasteiger charge is -2.31. The lowest BCUT2D eigenvalue weighted by atomic mass is 9.84. The van der Waals surface area contributed by atoms with E-state index >= 15 is 0 Å². The van der Waals surface area contributed by atoms with Crippen molar-refractivity contribution >= 4 is 34.6 Å². The molecule has 0 saturated carbocycles. The van der Waals surface area contributed by atoms with E-state index < -0.39 is 35.1 Å². The summed E-state index contributed by atoms with van der Waals surface area (Å²) in [6, 6.07) is 13.1. The molecule has 1 atom stereocenters. The summed E-state index contributed by atoms with van der Waals surface area (Å²) in [5, 5.41) is 0.886. The number of aromatic nitrogens is 1. The zero-order chi connectivity index (χ0) is 27.2. The van der Waals surface area contributed by atoms with E-state index in [1.807, 2.05) is 44.2 Å². The number of esters is 1. The van der Waals surface area contributed by atoms with Crippen LogP contribution in [-0.4, -0.2) is 58.2 Å². The number of hydrogen-bond acceptors (Lipinski definition) is 5. The van der Waals surface area contributed by atoms with Crippen LogP contribution in [0.1, 0.15) is 52.2 Å². The lowest BCUT2D eigenvalue weighted by molar-refractivity contribution is -0.142. The summed E-state index contributed by atoms with van der Waals surface area (Å²) < 4.78 is 4.89. The minimum Gasteiger partial charge on any atom is -0.464 e. The molecule has 0 radical (unpaired) electrons. The van der Waals surface area contributed by atoms with Gasteiger partial charge in [0, 0.05) is 35.0 Å². The minimum absolute atomic E-state index is 0.0614. The van der Waals surface area contributed by atoms with E-state index in [1.165, 1.54) is 12.0 Å². The maximum atomic E-state index is 14.2. The number of para-hydroxylation sites is 1. The monoisotopic (exact) mass is 511 g/mol. The quantitative estimate of drug-likeness (QED) is 0.292. The molecule has 0 saturated heterocycles. The first-order valence-electron chi connectivity index (χ1n) is 12.5. The predicted octanol–water partition coefficient (Wildman–Crippen LogP) is 4.13. The second kappa shape index (κ2) is 9.45. The smallest absolute Gasteiger partial charge is 0.354 e. The molecule has 1 aromatic heterocycles. The van der Waals surface area contributed by atoms with Crippen molar-refractivity contribution < 1.29 is 23.9 Å². The summed E-state index contributed by atoms with van der Waals surface area (Å²) in [5.74, 6) is -2.22. The van der Waals surface area contributed by atoms with Crippen LogP contribution in [0.4, 0.5) is 0 Å². The predicted molar refractivity (Wildman–Crippen MR) is 142 cm³/mol. The molecule has 8 nitrogen and oxygen atoms in total. The highest BCUT2D eigenvalue weighted by Crippen LogP contribution is 2.36. The Morgan fingerprint density at radius 1 is 1.08 bits per heavy atom. The number of amides is 3. The molecule has 2 aliphatic heterocycles. The number of allylic oxidation sites excluding steroid dienone is 1. The molecule has 194 valence electrons. The van der Waals surface area contributed by atoms with Gasteiger partial charge in [0.2, 0.25) is 0 Å². The molecule has 3 amide bonds. The van der Waals surface area contributed by atoms with Crippen LogP contribution in [0.3, 0.4) is 0 Å². The van der Waals surface area contributed by atoms with Crippen LogP contribution in [0.25, 0.3) is 10.9 Å². The summed E-state index contributed by atoms with van der Waals surface area (Å²) in [4.78, 5) is 59.6. The number of fused-ring (bicyclic) bond motifs is 2. The van der Waals surface area contributed by atoms with Crippen molar-refractivity contribution in [3.63, 3.8) is 0 Å². The normalized spacial score (nSPS) is 16.0. The fourth-order valence-corrected chi connectivity index (χ4v) is 5.31. The Kier molecular flexibility index (Phi) is 6.26. The standard InChI is InChI=1S/C30H29N3O5/c1-5-30(2,3)25-21(18-11-8-9-14-22(18)31-25)17-24(28(36)32-16-10-15-23(32)29(37)38-4)33-26(34)19-12-6-7-13-20(19)27(33)35/h5-9,11-15,24,31H,1,10,16-17H2,2-4H3/t24-/m0/s1. The molecule has 3 aromatic rings. The van der Waals surface area contributed by atoms with Crippen LogP contribution in [0.2, 0.25) is 0 Å². The molecular weight excluding hydrogens is 482 g/mol. The van der Waals surface area contributed by atoms with E-state index in [4.69, 9.17) is 4.74 Å². The first kappa shape index (κ1) is 25.2. The Bertz CT molecular complexity index is 1490. The van der Waals surface area contributed by atoms with Gasteiger partial charge in [-0.15, -0.1) is 6.58 Å². The topological polar surface area (TPSA) is 99.8 Å². The molecule has 38 heavy (non-hydrogen) atoms. The van der Waals surface area contributed by atoms with Gasteiger partial charge in [-0.25, -0.2) is 4.79 Å². The summed E-state index contributed by atoms with van der Waals surface area (Å²) >= 11 is 0. The zero-order valence-electron chi connectivity index (χ0n) is 21.6. The molecule has 0 bridgehead atoms. The number of benzene rings is 2. The van der Waals surface area contributed by atoms with Gasteiger partial charge < -0.3 is 14.6 Å². The Morgan fingerprint density at radius 2 is 1.71 bits per heavy atom. The number of imide groups is 1. The molecule has 2 aliphatic rings. The largest absolute Gasteiger partial charge is 0.464 e. The highest BCUT2D eigenvalue weighted by molar-refractivity contribution is 6.23. The van der Waals surface area contributed by atoms with E-state index in [0.717, 1.165) is 27.1 Å². The number of carbonyl (C=O) groups excluding carboxylic acids is 4. The van der Waals surface area contributed by atoms with E-state index in [-0.39, 0.29) is 29.8 Å². The molecular formula is C30H29N3O5. The number of nitrogens with one attached hydrogen (secondary N) is 1. The van der Waals surface area contributed by atoms with Crippen molar-refractivity contribution in [3.8, 4) is 0 Å². The van der Waals surface area contributed by atoms with Crippen molar-refractivity contribution in [2.45, 2.75) is 38.1 Å². The fraction of sp³-hybridized carbons (Fsp3) is 0.267. The highest BCUT2D eigenvalue weighted by atomic mass is 16.5. The van der Waals surface area contributed by atoms with Gasteiger partial charge in [0.25, 0.3) is 17.7 Å². The third kappa shape index (κ3) is 3.93. The average molecular weight is 512 g/mol. The second-order valence-corrected chi connectivity index (χ2v) is 10.1. The molecule has 2 aromatic carbocycles. The van der Waals surface area contributed by atoms with Crippen molar-refractivity contribution in [2.75, 3.05) is 13.7 Å². The summed E-state index contributed by atoms with van der Waals surface area (Å²) in [6.45, 7) is 8.26. The van der Waals surface area contributed by atoms with E-state index in [0.29, 0.717) is 6.42 Å². The molecule has 5 rings (SSSR count). The Labute approximate surface area is 220 Å². The number of nitrogens with zero attached hydrogens (tertiary/aromatic N) is 2. The lowest BCUT2D eigenvalue weighted by Crippen LogP contribution is -2.52. The molecule has 1 N–H and O–H groups in total. The van der Waals surface area contributed by atoms with Gasteiger partial charge >= 0.3 is 5.97 Å². The Morgan fingerprint density at radius 3 is 2.34 bits per heavy atom. The SMILES string of the molecule is C=CC(C)(C)c1[nH]c2ccccc2c1C[C@@H](C(=O)N1CCC=C1C(=O)OC)N1C(=O)c2ccccc2C1=O. The van der Waals surface area contributed by atoms with Crippen LogP contribution in [0.15, 0.2) is 73.0 Å². The van der Waals surface area contributed by atoms with Crippen LogP contribution in [-0.2, 0) is 26.2 Å². The van der Waals surface area contributed by atoms with E-state index in [9.17, 15) is 19.2 Å².